The summed E-state index contributed by atoms with van der Waals surface area (Å²) in [7, 11) is 1.56. The molecule has 1 aromatic rings. The van der Waals surface area contributed by atoms with Gasteiger partial charge >= 0.3 is 0 Å². The quantitative estimate of drug-likeness (QED) is 0.758. The standard InChI is InChI=1S/C16H25NO4/c1-4-13(5-2)17(10-11-18)16(19)12-21-15-9-7-6-8-14(15)20-3/h6-9,13,18H,4-5,10-12H2,1-3H3. The van der Waals surface area contributed by atoms with Crippen molar-refractivity contribution in [3.63, 3.8) is 0 Å². The molecule has 0 aliphatic rings. The van der Waals surface area contributed by atoms with E-state index in [4.69, 9.17) is 14.6 Å². The predicted octanol–water partition coefficient (Wildman–Crippen LogP) is 2.08. The van der Waals surface area contributed by atoms with Gasteiger partial charge in [-0.3, -0.25) is 4.79 Å². The van der Waals surface area contributed by atoms with Crippen molar-refractivity contribution in [3.05, 3.63) is 24.3 Å². The van der Waals surface area contributed by atoms with Crippen LogP contribution in [0.25, 0.3) is 0 Å². The normalized spacial score (nSPS) is 10.5. The SMILES string of the molecule is CCC(CC)N(CCO)C(=O)COc1ccccc1OC. The number of carbonyl (C=O) groups excluding carboxylic acids is 1. The number of para-hydroxylation sites is 2. The molecule has 0 fully saturated rings. The van der Waals surface area contributed by atoms with Crippen LogP contribution in [0, 0.1) is 0 Å². The number of amides is 1. The lowest BCUT2D eigenvalue weighted by Crippen LogP contribution is -2.44. The van der Waals surface area contributed by atoms with E-state index in [2.05, 4.69) is 0 Å². The second kappa shape index (κ2) is 9.23. The molecule has 0 spiro atoms. The fraction of sp³-hybridized carbons (Fsp3) is 0.562. The minimum Gasteiger partial charge on any atom is -0.493 e. The fourth-order valence-electron chi connectivity index (χ4n) is 2.31. The van der Waals surface area contributed by atoms with Gasteiger partial charge in [0.15, 0.2) is 18.1 Å². The van der Waals surface area contributed by atoms with Gasteiger partial charge < -0.3 is 19.5 Å². The van der Waals surface area contributed by atoms with E-state index >= 15 is 0 Å². The Bertz CT molecular complexity index is 432. The van der Waals surface area contributed by atoms with Gasteiger partial charge in [-0.2, -0.15) is 0 Å². The first-order valence-electron chi connectivity index (χ1n) is 7.34. The Kier molecular flexibility index (Phi) is 7.61. The first-order valence-corrected chi connectivity index (χ1v) is 7.34. The third kappa shape index (κ3) is 4.93. The molecule has 0 aromatic heterocycles. The Morgan fingerprint density at radius 1 is 1.24 bits per heavy atom. The smallest absolute Gasteiger partial charge is 0.260 e. The summed E-state index contributed by atoms with van der Waals surface area (Å²) in [5.74, 6) is 1.02. The third-order valence-corrected chi connectivity index (χ3v) is 3.46. The second-order valence-corrected chi connectivity index (χ2v) is 4.72. The molecule has 0 radical (unpaired) electrons. The summed E-state index contributed by atoms with van der Waals surface area (Å²) in [5.41, 5.74) is 0. The van der Waals surface area contributed by atoms with Crippen LogP contribution < -0.4 is 9.47 Å². The largest absolute Gasteiger partial charge is 0.493 e. The summed E-state index contributed by atoms with van der Waals surface area (Å²) in [5, 5.41) is 9.14. The summed E-state index contributed by atoms with van der Waals surface area (Å²) in [6, 6.07) is 7.35. The molecule has 1 rings (SSSR count). The fourth-order valence-corrected chi connectivity index (χ4v) is 2.31. The average Bonchev–Trinajstić information content (AvgIpc) is 2.53. The molecule has 118 valence electrons. The zero-order valence-electron chi connectivity index (χ0n) is 13.0. The lowest BCUT2D eigenvalue weighted by Gasteiger charge is -2.30. The lowest BCUT2D eigenvalue weighted by atomic mass is 10.1. The Morgan fingerprint density at radius 2 is 1.86 bits per heavy atom. The summed E-state index contributed by atoms with van der Waals surface area (Å²) in [6.45, 7) is 4.30. The van der Waals surface area contributed by atoms with Crippen molar-refractivity contribution < 1.29 is 19.4 Å². The highest BCUT2D eigenvalue weighted by atomic mass is 16.5. The van der Waals surface area contributed by atoms with Gasteiger partial charge in [-0.1, -0.05) is 26.0 Å². The number of ether oxygens (including phenoxy) is 2. The predicted molar refractivity (Wildman–Crippen MR) is 81.7 cm³/mol. The van der Waals surface area contributed by atoms with Gasteiger partial charge in [0.25, 0.3) is 5.91 Å². The monoisotopic (exact) mass is 295 g/mol. The third-order valence-electron chi connectivity index (χ3n) is 3.46. The Balaban J connectivity index is 2.69. The Morgan fingerprint density at radius 3 is 2.38 bits per heavy atom. The number of nitrogens with zero attached hydrogens (tertiary/aromatic N) is 1. The van der Waals surface area contributed by atoms with Crippen LogP contribution in [0.1, 0.15) is 26.7 Å². The number of benzene rings is 1. The molecular weight excluding hydrogens is 270 g/mol. The molecule has 0 bridgehead atoms. The van der Waals surface area contributed by atoms with E-state index < -0.39 is 0 Å². The van der Waals surface area contributed by atoms with Crippen molar-refractivity contribution in [2.45, 2.75) is 32.7 Å². The van der Waals surface area contributed by atoms with E-state index in [0.29, 0.717) is 18.0 Å². The average molecular weight is 295 g/mol. The first-order chi connectivity index (χ1) is 10.2. The van der Waals surface area contributed by atoms with Crippen LogP contribution in [0.15, 0.2) is 24.3 Å². The lowest BCUT2D eigenvalue weighted by molar-refractivity contribution is -0.136. The number of hydrogen-bond donors (Lipinski definition) is 1. The van der Waals surface area contributed by atoms with Gasteiger partial charge in [0.05, 0.1) is 13.7 Å². The number of hydrogen-bond acceptors (Lipinski definition) is 4. The molecule has 0 atom stereocenters. The van der Waals surface area contributed by atoms with E-state index in [1.807, 2.05) is 26.0 Å². The van der Waals surface area contributed by atoms with Crippen molar-refractivity contribution in [2.75, 3.05) is 26.9 Å². The first kappa shape index (κ1) is 17.3. The van der Waals surface area contributed by atoms with Crippen molar-refractivity contribution in [3.8, 4) is 11.5 Å². The maximum Gasteiger partial charge on any atom is 0.260 e. The molecular formula is C16H25NO4. The van der Waals surface area contributed by atoms with Crippen LogP contribution in [-0.2, 0) is 4.79 Å². The minimum absolute atomic E-state index is 0.0447. The molecule has 0 aliphatic heterocycles. The molecule has 1 amide bonds. The zero-order valence-corrected chi connectivity index (χ0v) is 13.0. The van der Waals surface area contributed by atoms with Crippen molar-refractivity contribution in [2.24, 2.45) is 0 Å². The highest BCUT2D eigenvalue weighted by Crippen LogP contribution is 2.25. The van der Waals surface area contributed by atoms with Gasteiger partial charge in [0.1, 0.15) is 0 Å². The second-order valence-electron chi connectivity index (χ2n) is 4.72. The Labute approximate surface area is 126 Å². The summed E-state index contributed by atoms with van der Waals surface area (Å²) >= 11 is 0. The van der Waals surface area contributed by atoms with Crippen molar-refractivity contribution in [1.82, 2.24) is 4.90 Å². The van der Waals surface area contributed by atoms with E-state index in [-0.39, 0.29) is 25.2 Å². The van der Waals surface area contributed by atoms with E-state index in [1.165, 1.54) is 0 Å². The minimum atomic E-state index is -0.122. The van der Waals surface area contributed by atoms with Crippen LogP contribution >= 0.6 is 0 Å². The number of rotatable bonds is 9. The molecule has 0 heterocycles. The van der Waals surface area contributed by atoms with Crippen molar-refractivity contribution in [1.29, 1.82) is 0 Å². The number of methoxy groups -OCH3 is 1. The summed E-state index contributed by atoms with van der Waals surface area (Å²) in [6.07, 6.45) is 1.72. The Hall–Kier alpha value is -1.75. The molecule has 5 heteroatoms. The molecule has 0 unspecified atom stereocenters. The van der Waals surface area contributed by atoms with Gasteiger partial charge in [0, 0.05) is 12.6 Å². The van der Waals surface area contributed by atoms with Gasteiger partial charge in [-0.25, -0.2) is 0 Å². The van der Waals surface area contributed by atoms with Gasteiger partial charge in [0.2, 0.25) is 0 Å². The number of carbonyl (C=O) groups is 1. The number of aliphatic hydroxyl groups excluding tert-OH is 1. The molecule has 5 nitrogen and oxygen atoms in total. The maximum absolute atomic E-state index is 12.3. The molecule has 0 saturated heterocycles. The molecule has 1 N–H and O–H groups in total. The van der Waals surface area contributed by atoms with Crippen molar-refractivity contribution >= 4 is 5.91 Å². The highest BCUT2D eigenvalue weighted by molar-refractivity contribution is 5.78. The summed E-state index contributed by atoms with van der Waals surface area (Å²) in [4.78, 5) is 14.0. The molecule has 1 aromatic carbocycles. The number of aliphatic hydroxyl groups is 1. The van der Waals surface area contributed by atoms with Crippen LogP contribution in [0.5, 0.6) is 11.5 Å². The van der Waals surface area contributed by atoms with E-state index in [1.54, 1.807) is 24.1 Å². The maximum atomic E-state index is 12.3. The van der Waals surface area contributed by atoms with Crippen LogP contribution in [0.3, 0.4) is 0 Å². The van der Waals surface area contributed by atoms with Crippen LogP contribution in [0.4, 0.5) is 0 Å². The highest BCUT2D eigenvalue weighted by Gasteiger charge is 2.21. The van der Waals surface area contributed by atoms with Gasteiger partial charge in [-0.05, 0) is 25.0 Å². The van der Waals surface area contributed by atoms with Crippen LogP contribution in [-0.4, -0.2) is 48.8 Å². The van der Waals surface area contributed by atoms with Crippen LogP contribution in [0.2, 0.25) is 0 Å². The van der Waals surface area contributed by atoms with E-state index in [0.717, 1.165) is 12.8 Å². The molecule has 0 aliphatic carbocycles. The van der Waals surface area contributed by atoms with Gasteiger partial charge in [-0.15, -0.1) is 0 Å². The molecule has 21 heavy (non-hydrogen) atoms. The summed E-state index contributed by atoms with van der Waals surface area (Å²) < 4.78 is 10.7. The topological polar surface area (TPSA) is 59.0 Å². The zero-order chi connectivity index (χ0) is 15.7. The molecule has 0 saturated carbocycles. The van der Waals surface area contributed by atoms with E-state index in [9.17, 15) is 4.79 Å².